The van der Waals surface area contributed by atoms with Crippen LogP contribution in [0.1, 0.15) is 18.4 Å². The highest BCUT2D eigenvalue weighted by Crippen LogP contribution is 2.30. The molecule has 1 aromatic heterocycles. The molecule has 1 aliphatic heterocycles. The monoisotopic (exact) mass is 413 g/mol. The first-order valence-electron chi connectivity index (χ1n) is 9.30. The lowest BCUT2D eigenvalue weighted by atomic mass is 10.1. The van der Waals surface area contributed by atoms with E-state index in [2.05, 4.69) is 10.3 Å². The van der Waals surface area contributed by atoms with Gasteiger partial charge in [0, 0.05) is 23.8 Å². The van der Waals surface area contributed by atoms with Crippen LogP contribution in [0.15, 0.2) is 59.6 Å². The van der Waals surface area contributed by atoms with E-state index in [-0.39, 0.29) is 11.4 Å². The molecule has 1 fully saturated rings. The Morgan fingerprint density at radius 2 is 2.00 bits per heavy atom. The number of hydrogen-bond donors (Lipinski definition) is 1. The van der Waals surface area contributed by atoms with Crippen LogP contribution in [0, 0.1) is 12.7 Å². The zero-order chi connectivity index (χ0) is 20.6. The zero-order valence-corrected chi connectivity index (χ0v) is 16.6. The fourth-order valence-electron chi connectivity index (χ4n) is 3.65. The zero-order valence-electron chi connectivity index (χ0n) is 15.8. The molecule has 29 heavy (non-hydrogen) atoms. The third kappa shape index (κ3) is 3.61. The minimum atomic E-state index is -3.93. The molecule has 0 aliphatic carbocycles. The van der Waals surface area contributed by atoms with Crippen molar-refractivity contribution < 1.29 is 17.6 Å². The molecular formula is C21H20FN3O3S. The number of sulfonamides is 1. The van der Waals surface area contributed by atoms with Gasteiger partial charge < -0.3 is 5.32 Å². The molecule has 6 nitrogen and oxygen atoms in total. The summed E-state index contributed by atoms with van der Waals surface area (Å²) in [7, 11) is -3.93. The highest BCUT2D eigenvalue weighted by atomic mass is 32.2. The average Bonchev–Trinajstić information content (AvgIpc) is 3.21. The molecule has 1 atom stereocenters. The van der Waals surface area contributed by atoms with E-state index in [4.69, 9.17) is 0 Å². The van der Waals surface area contributed by atoms with E-state index in [9.17, 15) is 17.6 Å². The van der Waals surface area contributed by atoms with Crippen LogP contribution in [0.5, 0.6) is 0 Å². The standard InChI is InChI=1S/C21H20FN3O3S/c1-14-9-10-16(22)13-17(14)24-21(26)18-7-4-12-25(18)29(27,28)19-8-2-5-15-6-3-11-23-20(15)19/h2-3,5-6,8-11,13,18H,4,7,12H2,1H3,(H,24,26)/t18-/m0/s1. The van der Waals surface area contributed by atoms with Gasteiger partial charge >= 0.3 is 0 Å². The second-order valence-electron chi connectivity index (χ2n) is 7.05. The molecule has 0 radical (unpaired) electrons. The fraction of sp³-hybridized carbons (Fsp3) is 0.238. The first-order chi connectivity index (χ1) is 13.9. The lowest BCUT2D eigenvalue weighted by molar-refractivity contribution is -0.119. The van der Waals surface area contributed by atoms with Crippen LogP contribution in [0.2, 0.25) is 0 Å². The van der Waals surface area contributed by atoms with E-state index in [1.807, 2.05) is 0 Å². The topological polar surface area (TPSA) is 79.4 Å². The number of nitrogens with zero attached hydrogens (tertiary/aromatic N) is 2. The molecule has 1 aliphatic rings. The van der Waals surface area contributed by atoms with Gasteiger partial charge in [-0.3, -0.25) is 9.78 Å². The van der Waals surface area contributed by atoms with Gasteiger partial charge in [0.05, 0.1) is 5.52 Å². The lowest BCUT2D eigenvalue weighted by Crippen LogP contribution is -2.43. The number of hydrogen-bond acceptors (Lipinski definition) is 4. The molecule has 1 amide bonds. The van der Waals surface area contributed by atoms with Gasteiger partial charge in [0.25, 0.3) is 0 Å². The number of nitrogens with one attached hydrogen (secondary N) is 1. The van der Waals surface area contributed by atoms with Gasteiger partial charge in [0.2, 0.25) is 15.9 Å². The summed E-state index contributed by atoms with van der Waals surface area (Å²) in [5, 5.41) is 3.40. The third-order valence-corrected chi connectivity index (χ3v) is 7.09. The van der Waals surface area contributed by atoms with E-state index in [1.165, 1.54) is 22.5 Å². The van der Waals surface area contributed by atoms with Gasteiger partial charge in [-0.1, -0.05) is 24.3 Å². The highest BCUT2D eigenvalue weighted by molar-refractivity contribution is 7.89. The Hall–Kier alpha value is -2.84. The van der Waals surface area contributed by atoms with Crippen molar-refractivity contribution in [1.82, 2.24) is 9.29 Å². The maximum atomic E-state index is 13.5. The molecule has 2 heterocycles. The smallest absolute Gasteiger partial charge is 0.245 e. The Morgan fingerprint density at radius 3 is 2.83 bits per heavy atom. The molecule has 8 heteroatoms. The van der Waals surface area contributed by atoms with Crippen LogP contribution >= 0.6 is 0 Å². The molecule has 2 aromatic carbocycles. The SMILES string of the molecule is Cc1ccc(F)cc1NC(=O)[C@@H]1CCCN1S(=O)(=O)c1cccc2cccnc12. The molecule has 0 saturated carbocycles. The number of amides is 1. The molecule has 0 spiro atoms. The normalized spacial score (nSPS) is 17.5. The van der Waals surface area contributed by atoms with Crippen molar-refractivity contribution in [3.8, 4) is 0 Å². The molecule has 4 rings (SSSR count). The second kappa shape index (κ2) is 7.53. The number of aryl methyl sites for hydroxylation is 1. The first-order valence-corrected chi connectivity index (χ1v) is 10.7. The molecular weight excluding hydrogens is 393 g/mol. The van der Waals surface area contributed by atoms with Gasteiger partial charge in [0.1, 0.15) is 16.8 Å². The number of benzene rings is 2. The Balaban J connectivity index is 1.67. The number of carbonyl (C=O) groups is 1. The van der Waals surface area contributed by atoms with Crippen LogP contribution in [0.3, 0.4) is 0 Å². The summed E-state index contributed by atoms with van der Waals surface area (Å²) in [5.74, 6) is -0.934. The van der Waals surface area contributed by atoms with Crippen molar-refractivity contribution in [1.29, 1.82) is 0 Å². The Bertz CT molecular complexity index is 1190. The predicted octanol–water partition coefficient (Wildman–Crippen LogP) is 3.47. The van der Waals surface area contributed by atoms with Crippen molar-refractivity contribution in [2.24, 2.45) is 0 Å². The Kier molecular flexibility index (Phi) is 5.06. The molecule has 1 N–H and O–H groups in total. The van der Waals surface area contributed by atoms with Crippen LogP contribution in [0.4, 0.5) is 10.1 Å². The number of rotatable bonds is 4. The maximum Gasteiger partial charge on any atom is 0.245 e. The molecule has 0 unspecified atom stereocenters. The van der Waals surface area contributed by atoms with E-state index in [1.54, 1.807) is 43.5 Å². The quantitative estimate of drug-likeness (QED) is 0.710. The molecule has 1 saturated heterocycles. The summed E-state index contributed by atoms with van der Waals surface area (Å²) >= 11 is 0. The van der Waals surface area contributed by atoms with Crippen molar-refractivity contribution >= 4 is 32.5 Å². The van der Waals surface area contributed by atoms with Crippen LogP contribution in [-0.2, 0) is 14.8 Å². The fourth-order valence-corrected chi connectivity index (χ4v) is 5.47. The van der Waals surface area contributed by atoms with Crippen molar-refractivity contribution in [2.45, 2.75) is 30.7 Å². The Morgan fingerprint density at radius 1 is 1.21 bits per heavy atom. The van der Waals surface area contributed by atoms with Gasteiger partial charge in [-0.15, -0.1) is 0 Å². The summed E-state index contributed by atoms with van der Waals surface area (Å²) in [6, 6.07) is 11.8. The average molecular weight is 413 g/mol. The number of carbonyl (C=O) groups excluding carboxylic acids is 1. The summed E-state index contributed by atoms with van der Waals surface area (Å²) in [6.45, 7) is 1.99. The number of fused-ring (bicyclic) bond motifs is 1. The number of anilines is 1. The van der Waals surface area contributed by atoms with Crippen molar-refractivity contribution in [3.05, 3.63) is 66.1 Å². The third-order valence-electron chi connectivity index (χ3n) is 5.15. The summed E-state index contributed by atoms with van der Waals surface area (Å²) in [5.41, 5.74) is 1.42. The number of halogens is 1. The second-order valence-corrected chi connectivity index (χ2v) is 8.91. The van der Waals surface area contributed by atoms with Gasteiger partial charge in [-0.25, -0.2) is 12.8 Å². The largest absolute Gasteiger partial charge is 0.324 e. The molecule has 3 aromatic rings. The Labute approximate surface area is 168 Å². The van der Waals surface area contributed by atoms with Gasteiger partial charge in [0.15, 0.2) is 0 Å². The summed E-state index contributed by atoms with van der Waals surface area (Å²) < 4.78 is 41.5. The molecule has 150 valence electrons. The lowest BCUT2D eigenvalue weighted by Gasteiger charge is -2.24. The van der Waals surface area contributed by atoms with Gasteiger partial charge in [-0.05, 0) is 49.6 Å². The highest BCUT2D eigenvalue weighted by Gasteiger charge is 2.40. The summed E-state index contributed by atoms with van der Waals surface area (Å²) in [4.78, 5) is 17.2. The van der Waals surface area contributed by atoms with Crippen molar-refractivity contribution in [3.63, 3.8) is 0 Å². The minimum Gasteiger partial charge on any atom is -0.324 e. The number of pyridine rings is 1. The summed E-state index contributed by atoms with van der Waals surface area (Å²) in [6.07, 6.45) is 2.51. The van der Waals surface area contributed by atoms with Crippen LogP contribution in [0.25, 0.3) is 10.9 Å². The van der Waals surface area contributed by atoms with Crippen LogP contribution < -0.4 is 5.32 Å². The van der Waals surface area contributed by atoms with E-state index in [0.717, 1.165) is 0 Å². The molecule has 0 bridgehead atoms. The first kappa shape index (κ1) is 19.5. The van der Waals surface area contributed by atoms with E-state index < -0.39 is 27.8 Å². The number of aromatic nitrogens is 1. The predicted molar refractivity (Wildman–Crippen MR) is 108 cm³/mol. The van der Waals surface area contributed by atoms with Gasteiger partial charge in [-0.2, -0.15) is 4.31 Å². The minimum absolute atomic E-state index is 0.0808. The van der Waals surface area contributed by atoms with Crippen LogP contribution in [-0.4, -0.2) is 36.2 Å². The van der Waals surface area contributed by atoms with E-state index in [0.29, 0.717) is 35.0 Å². The van der Waals surface area contributed by atoms with E-state index >= 15 is 0 Å². The number of para-hydroxylation sites is 1. The van der Waals surface area contributed by atoms with Crippen molar-refractivity contribution in [2.75, 3.05) is 11.9 Å². The maximum absolute atomic E-state index is 13.5.